The van der Waals surface area contributed by atoms with Crippen LogP contribution in [0.2, 0.25) is 0 Å². The number of aryl methyl sites for hydroxylation is 2. The Labute approximate surface area is 124 Å². The molecule has 1 atom stereocenters. The van der Waals surface area contributed by atoms with Crippen molar-refractivity contribution >= 4 is 0 Å². The van der Waals surface area contributed by atoms with E-state index in [2.05, 4.69) is 17.3 Å². The van der Waals surface area contributed by atoms with E-state index < -0.39 is 0 Å². The molecule has 0 saturated carbocycles. The molecular formula is C16H22FN3O. The predicted molar refractivity (Wildman–Crippen MR) is 81.1 cm³/mol. The van der Waals surface area contributed by atoms with Crippen LogP contribution in [0.25, 0.3) is 0 Å². The summed E-state index contributed by atoms with van der Waals surface area (Å²) in [4.78, 5) is 0. The second-order valence-corrected chi connectivity index (χ2v) is 4.84. The third kappa shape index (κ3) is 3.08. The fraction of sp³-hybridized carbons (Fsp3) is 0.438. The van der Waals surface area contributed by atoms with Crippen LogP contribution >= 0.6 is 0 Å². The van der Waals surface area contributed by atoms with Crippen molar-refractivity contribution in [3.8, 4) is 5.75 Å². The van der Waals surface area contributed by atoms with Gasteiger partial charge >= 0.3 is 0 Å². The highest BCUT2D eigenvalue weighted by molar-refractivity contribution is 5.35. The lowest BCUT2D eigenvalue weighted by molar-refractivity contribution is 0.410. The first-order valence-corrected chi connectivity index (χ1v) is 7.21. The smallest absolute Gasteiger partial charge is 0.132 e. The van der Waals surface area contributed by atoms with E-state index in [9.17, 15) is 4.39 Å². The average Bonchev–Trinajstić information content (AvgIpc) is 2.92. The lowest BCUT2D eigenvalue weighted by Crippen LogP contribution is -2.22. The Morgan fingerprint density at radius 1 is 1.33 bits per heavy atom. The van der Waals surface area contributed by atoms with Gasteiger partial charge in [0.1, 0.15) is 11.6 Å². The number of hydrogen-bond acceptors (Lipinski definition) is 3. The quantitative estimate of drug-likeness (QED) is 0.889. The van der Waals surface area contributed by atoms with Crippen molar-refractivity contribution < 1.29 is 9.13 Å². The minimum absolute atomic E-state index is 0.233. The Balaban J connectivity index is 2.46. The molecule has 5 heteroatoms. The molecule has 0 fully saturated rings. The molecule has 0 aliphatic rings. The normalized spacial score (nSPS) is 12.4. The molecule has 0 bridgehead atoms. The van der Waals surface area contributed by atoms with Gasteiger partial charge in [0.15, 0.2) is 0 Å². The zero-order chi connectivity index (χ0) is 15.4. The van der Waals surface area contributed by atoms with Crippen LogP contribution in [-0.4, -0.2) is 23.9 Å². The number of rotatable bonds is 6. The lowest BCUT2D eigenvalue weighted by atomic mass is 10.0. The first-order chi connectivity index (χ1) is 10.1. The van der Waals surface area contributed by atoms with Crippen molar-refractivity contribution in [2.24, 2.45) is 0 Å². The Kier molecular flexibility index (Phi) is 4.96. The van der Waals surface area contributed by atoms with Crippen LogP contribution in [0.15, 0.2) is 24.3 Å². The summed E-state index contributed by atoms with van der Waals surface area (Å²) in [6.45, 7) is 4.85. The minimum Gasteiger partial charge on any atom is -0.497 e. The molecule has 1 aromatic carbocycles. The molecule has 1 unspecified atom stereocenters. The molecule has 114 valence electrons. The fourth-order valence-corrected chi connectivity index (χ4v) is 2.48. The van der Waals surface area contributed by atoms with Crippen molar-refractivity contribution in [3.05, 3.63) is 47.0 Å². The summed E-state index contributed by atoms with van der Waals surface area (Å²) in [7, 11) is 3.36. The highest BCUT2D eigenvalue weighted by Gasteiger charge is 2.21. The van der Waals surface area contributed by atoms with Gasteiger partial charge < -0.3 is 10.1 Å². The van der Waals surface area contributed by atoms with E-state index in [1.807, 2.05) is 24.7 Å². The van der Waals surface area contributed by atoms with E-state index in [0.717, 1.165) is 24.4 Å². The van der Waals surface area contributed by atoms with Gasteiger partial charge in [-0.15, -0.1) is 0 Å². The maximum Gasteiger partial charge on any atom is 0.132 e. The number of ether oxygens (including phenoxy) is 1. The van der Waals surface area contributed by atoms with Gasteiger partial charge in [0.05, 0.1) is 24.5 Å². The first kappa shape index (κ1) is 15.5. The molecule has 0 aliphatic carbocycles. The molecule has 2 aromatic rings. The number of nitrogens with one attached hydrogen (secondary N) is 1. The summed E-state index contributed by atoms with van der Waals surface area (Å²) in [5.41, 5.74) is 2.58. The van der Waals surface area contributed by atoms with Crippen LogP contribution in [0.1, 0.15) is 36.8 Å². The Morgan fingerprint density at radius 2 is 2.10 bits per heavy atom. The van der Waals surface area contributed by atoms with Gasteiger partial charge in [-0.25, -0.2) is 4.39 Å². The number of halogens is 1. The summed E-state index contributed by atoms with van der Waals surface area (Å²) in [6.07, 6.45) is 0.863. The third-order valence-corrected chi connectivity index (χ3v) is 3.63. The van der Waals surface area contributed by atoms with E-state index in [4.69, 9.17) is 4.74 Å². The van der Waals surface area contributed by atoms with E-state index in [-0.39, 0.29) is 11.9 Å². The van der Waals surface area contributed by atoms with E-state index in [0.29, 0.717) is 11.3 Å². The van der Waals surface area contributed by atoms with Gasteiger partial charge in [0.2, 0.25) is 0 Å². The molecular weight excluding hydrogens is 269 g/mol. The number of methoxy groups -OCH3 is 1. The van der Waals surface area contributed by atoms with Gasteiger partial charge in [-0.3, -0.25) is 4.68 Å². The van der Waals surface area contributed by atoms with E-state index >= 15 is 0 Å². The topological polar surface area (TPSA) is 39.1 Å². The monoisotopic (exact) mass is 291 g/mol. The zero-order valence-electron chi connectivity index (χ0n) is 13.0. The summed E-state index contributed by atoms with van der Waals surface area (Å²) in [5, 5.41) is 7.72. The molecule has 1 N–H and O–H groups in total. The van der Waals surface area contributed by atoms with Gasteiger partial charge in [0.25, 0.3) is 0 Å². The van der Waals surface area contributed by atoms with Gasteiger partial charge in [-0.1, -0.05) is 13.0 Å². The molecule has 1 heterocycles. The molecule has 0 saturated heterocycles. The molecule has 2 rings (SSSR count). The lowest BCUT2D eigenvalue weighted by Gasteiger charge is -2.19. The molecule has 0 spiro atoms. The van der Waals surface area contributed by atoms with E-state index in [1.54, 1.807) is 12.1 Å². The standard InChI is InChI=1S/C16H22FN3O/c1-5-11-9-15(20(6-2)19-11)16(18-3)13-8-7-12(21-4)10-14(13)17/h7-10,16,18H,5-6H2,1-4H3. The number of benzene rings is 1. The summed E-state index contributed by atoms with van der Waals surface area (Å²) in [5.74, 6) is 0.236. The molecule has 1 aromatic heterocycles. The van der Waals surface area contributed by atoms with Crippen LogP contribution in [0.5, 0.6) is 5.75 Å². The Bertz CT molecular complexity index is 610. The second kappa shape index (κ2) is 6.72. The van der Waals surface area contributed by atoms with Crippen LogP contribution in [-0.2, 0) is 13.0 Å². The summed E-state index contributed by atoms with van der Waals surface area (Å²) < 4.78 is 21.3. The fourth-order valence-electron chi connectivity index (χ4n) is 2.48. The minimum atomic E-state index is -0.282. The molecule has 21 heavy (non-hydrogen) atoms. The molecule has 0 radical (unpaired) electrons. The van der Waals surface area contributed by atoms with Crippen LogP contribution in [0.4, 0.5) is 4.39 Å². The van der Waals surface area contributed by atoms with Crippen molar-refractivity contribution in [1.29, 1.82) is 0 Å². The maximum atomic E-state index is 14.3. The number of hydrogen-bond donors (Lipinski definition) is 1. The highest BCUT2D eigenvalue weighted by Crippen LogP contribution is 2.27. The second-order valence-electron chi connectivity index (χ2n) is 4.84. The van der Waals surface area contributed by atoms with Crippen LogP contribution < -0.4 is 10.1 Å². The predicted octanol–water partition coefficient (Wildman–Crippen LogP) is 2.92. The van der Waals surface area contributed by atoms with Crippen molar-refractivity contribution in [3.63, 3.8) is 0 Å². The summed E-state index contributed by atoms with van der Waals surface area (Å²) >= 11 is 0. The van der Waals surface area contributed by atoms with Crippen LogP contribution in [0.3, 0.4) is 0 Å². The molecule has 4 nitrogen and oxygen atoms in total. The van der Waals surface area contributed by atoms with Gasteiger partial charge in [-0.05, 0) is 32.5 Å². The van der Waals surface area contributed by atoms with Gasteiger partial charge in [0, 0.05) is 18.2 Å². The van der Waals surface area contributed by atoms with E-state index in [1.165, 1.54) is 13.2 Å². The highest BCUT2D eigenvalue weighted by atomic mass is 19.1. The Hall–Kier alpha value is -1.88. The Morgan fingerprint density at radius 3 is 2.62 bits per heavy atom. The number of nitrogens with zero attached hydrogens (tertiary/aromatic N) is 2. The average molecular weight is 291 g/mol. The van der Waals surface area contributed by atoms with Crippen LogP contribution in [0, 0.1) is 5.82 Å². The van der Waals surface area contributed by atoms with Crippen molar-refractivity contribution in [2.45, 2.75) is 32.9 Å². The zero-order valence-corrected chi connectivity index (χ0v) is 13.0. The molecule has 0 aliphatic heterocycles. The third-order valence-electron chi connectivity index (χ3n) is 3.63. The van der Waals surface area contributed by atoms with Crippen molar-refractivity contribution in [1.82, 2.24) is 15.1 Å². The molecule has 0 amide bonds. The summed E-state index contributed by atoms with van der Waals surface area (Å²) in [6, 6.07) is 6.74. The van der Waals surface area contributed by atoms with Crippen molar-refractivity contribution in [2.75, 3.05) is 14.2 Å². The maximum absolute atomic E-state index is 14.3. The van der Waals surface area contributed by atoms with Gasteiger partial charge in [-0.2, -0.15) is 5.10 Å². The largest absolute Gasteiger partial charge is 0.497 e. The number of aromatic nitrogens is 2. The first-order valence-electron chi connectivity index (χ1n) is 7.21. The SMILES string of the molecule is CCc1cc(C(NC)c2ccc(OC)cc2F)n(CC)n1.